The minimum absolute atomic E-state index is 0.101. The fourth-order valence-electron chi connectivity index (χ4n) is 1.29. The van der Waals surface area contributed by atoms with Crippen LogP contribution in [0.15, 0.2) is 6.20 Å². The average molecular weight is 232 g/mol. The molecule has 0 amide bonds. The van der Waals surface area contributed by atoms with Gasteiger partial charge in [0.25, 0.3) is 0 Å². The van der Waals surface area contributed by atoms with Crippen molar-refractivity contribution in [2.24, 2.45) is 5.92 Å². The van der Waals surface area contributed by atoms with E-state index >= 15 is 0 Å². The molecule has 1 rings (SSSR count). The van der Waals surface area contributed by atoms with Gasteiger partial charge in [-0.1, -0.05) is 25.4 Å². The summed E-state index contributed by atoms with van der Waals surface area (Å²) in [5, 5.41) is 14.4. The molecule has 1 heterocycles. The Morgan fingerprint density at radius 3 is 2.80 bits per heavy atom. The van der Waals surface area contributed by atoms with Gasteiger partial charge in [-0.3, -0.25) is 0 Å². The van der Waals surface area contributed by atoms with E-state index in [1.807, 2.05) is 0 Å². The van der Waals surface area contributed by atoms with Crippen LogP contribution in [0.4, 0.5) is 5.82 Å². The molecule has 0 atom stereocenters. The van der Waals surface area contributed by atoms with Crippen LogP contribution in [0.25, 0.3) is 0 Å². The first-order valence-corrected chi connectivity index (χ1v) is 5.26. The summed E-state index contributed by atoms with van der Waals surface area (Å²) in [6.07, 6.45) is 3.53. The molecule has 5 nitrogen and oxygen atoms in total. The fourth-order valence-corrected chi connectivity index (χ4v) is 1.51. The van der Waals surface area contributed by atoms with E-state index in [0.717, 1.165) is 12.8 Å². The molecule has 15 heavy (non-hydrogen) atoms. The van der Waals surface area contributed by atoms with Crippen molar-refractivity contribution in [1.29, 1.82) is 0 Å². The Bertz CT molecular complexity index is 349. The summed E-state index contributed by atoms with van der Waals surface area (Å²) < 4.78 is 1.53. The number of aromatic nitrogens is 2. The first kappa shape index (κ1) is 12.0. The summed E-state index contributed by atoms with van der Waals surface area (Å²) in [4.78, 5) is 9.89. The first-order valence-electron chi connectivity index (χ1n) is 4.88. The number of nitro groups is 1. The van der Waals surface area contributed by atoms with Gasteiger partial charge < -0.3 is 10.1 Å². The largest absolute Gasteiger partial charge is 0.408 e. The zero-order valence-electron chi connectivity index (χ0n) is 8.81. The van der Waals surface area contributed by atoms with Gasteiger partial charge in [-0.25, -0.2) is 0 Å². The van der Waals surface area contributed by atoms with Crippen molar-refractivity contribution in [2.45, 2.75) is 33.2 Å². The molecular weight excluding hydrogens is 218 g/mol. The van der Waals surface area contributed by atoms with Crippen molar-refractivity contribution in [3.8, 4) is 0 Å². The quantitative estimate of drug-likeness (QED) is 0.578. The molecule has 1 aromatic rings. The highest BCUT2D eigenvalue weighted by Crippen LogP contribution is 2.21. The van der Waals surface area contributed by atoms with Gasteiger partial charge in [0.15, 0.2) is 5.02 Å². The van der Waals surface area contributed by atoms with Crippen LogP contribution in [0, 0.1) is 16.0 Å². The number of aryl methyl sites for hydroxylation is 1. The van der Waals surface area contributed by atoms with Crippen molar-refractivity contribution >= 4 is 17.4 Å². The van der Waals surface area contributed by atoms with E-state index in [2.05, 4.69) is 18.9 Å². The van der Waals surface area contributed by atoms with Crippen molar-refractivity contribution in [2.75, 3.05) is 0 Å². The van der Waals surface area contributed by atoms with Crippen molar-refractivity contribution in [3.63, 3.8) is 0 Å². The highest BCUT2D eigenvalue weighted by Gasteiger charge is 2.18. The molecule has 0 aromatic carbocycles. The lowest BCUT2D eigenvalue weighted by molar-refractivity contribution is -0.389. The number of halogens is 1. The third-order valence-electron chi connectivity index (χ3n) is 2.04. The second kappa shape index (κ2) is 5.11. The summed E-state index contributed by atoms with van der Waals surface area (Å²) in [7, 11) is 0. The summed E-state index contributed by atoms with van der Waals surface area (Å²) in [6, 6.07) is 0. The molecule has 0 aliphatic heterocycles. The van der Waals surface area contributed by atoms with Gasteiger partial charge >= 0.3 is 5.82 Å². The van der Waals surface area contributed by atoms with Gasteiger partial charge in [-0.15, -0.1) is 0 Å². The number of rotatable bonds is 5. The third kappa shape index (κ3) is 3.51. The topological polar surface area (TPSA) is 61.0 Å². The van der Waals surface area contributed by atoms with Crippen LogP contribution < -0.4 is 0 Å². The SMILES string of the molecule is CC(C)CCCn1cc(Cl)c([N+](=O)[O-])n1. The van der Waals surface area contributed by atoms with Crippen LogP contribution in [-0.4, -0.2) is 14.7 Å². The van der Waals surface area contributed by atoms with E-state index in [1.165, 1.54) is 10.9 Å². The van der Waals surface area contributed by atoms with Gasteiger partial charge in [0.1, 0.15) is 0 Å². The lowest BCUT2D eigenvalue weighted by atomic mass is 10.1. The fraction of sp³-hybridized carbons (Fsp3) is 0.667. The van der Waals surface area contributed by atoms with Crippen molar-refractivity contribution < 1.29 is 4.92 Å². The second-order valence-electron chi connectivity index (χ2n) is 3.86. The maximum Gasteiger partial charge on any atom is 0.408 e. The molecule has 0 bridgehead atoms. The number of hydrogen-bond donors (Lipinski definition) is 0. The van der Waals surface area contributed by atoms with Crippen LogP contribution in [0.1, 0.15) is 26.7 Å². The molecule has 1 aromatic heterocycles. The molecule has 0 unspecified atom stereocenters. The minimum Gasteiger partial charge on any atom is -0.358 e. The average Bonchev–Trinajstić information content (AvgIpc) is 2.46. The van der Waals surface area contributed by atoms with E-state index in [-0.39, 0.29) is 10.8 Å². The maximum atomic E-state index is 10.5. The smallest absolute Gasteiger partial charge is 0.358 e. The van der Waals surface area contributed by atoms with E-state index in [1.54, 1.807) is 0 Å². The van der Waals surface area contributed by atoms with E-state index < -0.39 is 4.92 Å². The molecule has 0 fully saturated rings. The Morgan fingerprint density at radius 1 is 1.67 bits per heavy atom. The van der Waals surface area contributed by atoms with Gasteiger partial charge in [0.05, 0.1) is 17.8 Å². The highest BCUT2D eigenvalue weighted by molar-refractivity contribution is 6.32. The predicted molar refractivity (Wildman–Crippen MR) is 58.0 cm³/mol. The van der Waals surface area contributed by atoms with Gasteiger partial charge in [0.2, 0.25) is 0 Å². The molecular formula is C9H14ClN3O2. The summed E-state index contributed by atoms with van der Waals surface area (Å²) in [6.45, 7) is 4.95. The van der Waals surface area contributed by atoms with Crippen LogP contribution in [-0.2, 0) is 6.54 Å². The number of hydrogen-bond acceptors (Lipinski definition) is 3. The Hall–Kier alpha value is -1.10. The highest BCUT2D eigenvalue weighted by atomic mass is 35.5. The minimum atomic E-state index is -0.568. The van der Waals surface area contributed by atoms with Crippen LogP contribution in [0.2, 0.25) is 5.02 Å². The maximum absolute atomic E-state index is 10.5. The zero-order chi connectivity index (χ0) is 11.4. The molecule has 0 aliphatic rings. The molecule has 0 N–H and O–H groups in total. The summed E-state index contributed by atoms with van der Waals surface area (Å²) in [5.41, 5.74) is 0. The Morgan fingerprint density at radius 2 is 2.33 bits per heavy atom. The molecule has 0 saturated heterocycles. The van der Waals surface area contributed by atoms with Crippen molar-refractivity contribution in [3.05, 3.63) is 21.3 Å². The molecule has 84 valence electrons. The molecule has 0 radical (unpaired) electrons. The zero-order valence-corrected chi connectivity index (χ0v) is 9.57. The Kier molecular flexibility index (Phi) is 4.08. The Labute approximate surface area is 93.2 Å². The third-order valence-corrected chi connectivity index (χ3v) is 2.31. The second-order valence-corrected chi connectivity index (χ2v) is 4.26. The molecule has 0 spiro atoms. The van der Waals surface area contributed by atoms with Gasteiger partial charge in [-0.2, -0.15) is 4.68 Å². The van der Waals surface area contributed by atoms with E-state index in [9.17, 15) is 10.1 Å². The monoisotopic (exact) mass is 231 g/mol. The lowest BCUT2D eigenvalue weighted by Crippen LogP contribution is -2.01. The number of nitrogens with zero attached hydrogens (tertiary/aromatic N) is 3. The van der Waals surface area contributed by atoms with E-state index in [0.29, 0.717) is 12.5 Å². The van der Waals surface area contributed by atoms with Gasteiger partial charge in [0, 0.05) is 0 Å². The van der Waals surface area contributed by atoms with Crippen molar-refractivity contribution in [1.82, 2.24) is 9.78 Å². The van der Waals surface area contributed by atoms with E-state index in [4.69, 9.17) is 11.6 Å². The first-order chi connectivity index (χ1) is 7.00. The van der Waals surface area contributed by atoms with Crippen LogP contribution in [0.3, 0.4) is 0 Å². The molecule has 0 aliphatic carbocycles. The standard InChI is InChI=1S/C9H14ClN3O2/c1-7(2)4-3-5-12-6-8(10)9(11-12)13(14)15/h6-7H,3-5H2,1-2H3. The lowest BCUT2D eigenvalue weighted by Gasteiger charge is -2.01. The van der Waals surface area contributed by atoms with Gasteiger partial charge in [-0.05, 0) is 23.7 Å². The predicted octanol–water partition coefficient (Wildman–Crippen LogP) is 2.88. The molecule has 0 saturated carbocycles. The van der Waals surface area contributed by atoms with Crippen LogP contribution >= 0.6 is 11.6 Å². The van der Waals surface area contributed by atoms with Crippen LogP contribution in [0.5, 0.6) is 0 Å². The summed E-state index contributed by atoms with van der Waals surface area (Å²) >= 11 is 5.66. The summed E-state index contributed by atoms with van der Waals surface area (Å²) in [5.74, 6) is 0.368. The normalized spacial score (nSPS) is 10.9. The Balaban J connectivity index is 2.56. The molecule has 6 heteroatoms.